The van der Waals surface area contributed by atoms with E-state index in [2.05, 4.69) is 10.3 Å². The first-order valence-corrected chi connectivity index (χ1v) is 9.58. The molecule has 0 saturated carbocycles. The monoisotopic (exact) mass is 485 g/mol. The molecule has 0 fully saturated rings. The summed E-state index contributed by atoms with van der Waals surface area (Å²) in [6.45, 7) is -0.418. The molecular weight excluding hydrogens is 469 g/mol. The molecule has 2 heterocycles. The molecule has 2 aromatic carbocycles. The number of carbonyl (C=O) groups is 2. The number of anilines is 1. The summed E-state index contributed by atoms with van der Waals surface area (Å²) < 4.78 is 1.42. The van der Waals surface area contributed by atoms with Crippen molar-refractivity contribution < 1.29 is 77.0 Å². The van der Waals surface area contributed by atoms with Gasteiger partial charge in [-0.05, 0) is 18.2 Å². The number of halogens is 1. The van der Waals surface area contributed by atoms with Crippen molar-refractivity contribution in [2.75, 3.05) is 5.32 Å². The minimum absolute atomic E-state index is 0. The molecule has 8 nitrogen and oxygen atoms in total. The fourth-order valence-corrected chi connectivity index (χ4v) is 3.92. The Bertz CT molecular complexity index is 1210. The molecule has 0 saturated heterocycles. The van der Waals surface area contributed by atoms with Crippen LogP contribution < -0.4 is 61.8 Å². The van der Waals surface area contributed by atoms with Gasteiger partial charge >= 0.3 is 51.4 Å². The van der Waals surface area contributed by atoms with E-state index >= 15 is 0 Å². The van der Waals surface area contributed by atoms with E-state index in [1.54, 1.807) is 29.6 Å². The Morgan fingerprint density at radius 3 is 2.48 bits per heavy atom. The SMILES string of the molecule is O.O.O=C([O-])Cn1c(C(=O)Nc2nc(-c3ccccc3Cl)cs2)cc2ccccc21.[K+]. The van der Waals surface area contributed by atoms with Crippen molar-refractivity contribution in [1.82, 2.24) is 9.55 Å². The third-order valence-corrected chi connectivity index (χ3v) is 5.29. The third kappa shape index (κ3) is 6.01. The maximum atomic E-state index is 12.8. The van der Waals surface area contributed by atoms with Crippen LogP contribution in [0.5, 0.6) is 0 Å². The van der Waals surface area contributed by atoms with Crippen molar-refractivity contribution in [2.24, 2.45) is 0 Å². The topological polar surface area (TPSA) is 150 Å². The van der Waals surface area contributed by atoms with Crippen molar-refractivity contribution >= 4 is 50.8 Å². The Balaban J connectivity index is 0.00000160. The fourth-order valence-electron chi connectivity index (χ4n) is 2.98. The van der Waals surface area contributed by atoms with E-state index in [1.807, 2.05) is 30.3 Å². The summed E-state index contributed by atoms with van der Waals surface area (Å²) in [5.41, 5.74) is 2.29. The van der Waals surface area contributed by atoms with Gasteiger partial charge in [0.05, 0.1) is 18.2 Å². The molecule has 156 valence electrons. The Labute approximate surface area is 228 Å². The van der Waals surface area contributed by atoms with Crippen molar-refractivity contribution in [3.63, 3.8) is 0 Å². The zero-order chi connectivity index (χ0) is 19.7. The van der Waals surface area contributed by atoms with Gasteiger partial charge in [-0.15, -0.1) is 11.3 Å². The van der Waals surface area contributed by atoms with E-state index < -0.39 is 18.4 Å². The summed E-state index contributed by atoms with van der Waals surface area (Å²) in [7, 11) is 0. The molecule has 0 atom stereocenters. The second kappa shape index (κ2) is 11.9. The van der Waals surface area contributed by atoms with Gasteiger partial charge in [0, 0.05) is 26.9 Å². The molecule has 1 amide bonds. The molecular formula is C20H17ClKN3O5S. The summed E-state index contributed by atoms with van der Waals surface area (Å²) in [5, 5.41) is 17.4. The molecule has 0 aliphatic carbocycles. The number of carboxylic acids is 1. The molecule has 0 radical (unpaired) electrons. The second-order valence-electron chi connectivity index (χ2n) is 6.02. The van der Waals surface area contributed by atoms with Crippen LogP contribution in [0.15, 0.2) is 60.0 Å². The standard InChI is InChI=1S/C20H14ClN3O3S.K.2H2O/c21-14-7-3-2-6-13(14)15-11-28-20(22-15)23-19(27)17-9-12-5-1-4-8-16(12)24(17)10-18(25)26;;;/h1-9,11H,10H2,(H,25,26)(H,22,23,27);;2*1H2/q;+1;;/p-1. The maximum absolute atomic E-state index is 12.8. The number of aliphatic carboxylic acids is 1. The van der Waals surface area contributed by atoms with E-state index in [-0.39, 0.29) is 68.0 Å². The van der Waals surface area contributed by atoms with Crippen LogP contribution in [-0.2, 0) is 11.3 Å². The molecule has 31 heavy (non-hydrogen) atoms. The predicted octanol–water partition coefficient (Wildman–Crippen LogP) is -1.22. The molecule has 0 aliphatic rings. The van der Waals surface area contributed by atoms with E-state index in [9.17, 15) is 14.7 Å². The van der Waals surface area contributed by atoms with Crippen LogP contribution in [-0.4, -0.2) is 32.4 Å². The number of thiazole rings is 1. The number of hydrogen-bond acceptors (Lipinski definition) is 5. The zero-order valence-corrected chi connectivity index (χ0v) is 21.1. The number of amides is 1. The van der Waals surface area contributed by atoms with Crippen molar-refractivity contribution in [2.45, 2.75) is 6.54 Å². The van der Waals surface area contributed by atoms with Crippen molar-refractivity contribution in [3.05, 3.63) is 70.7 Å². The average molecular weight is 486 g/mol. The summed E-state index contributed by atoms with van der Waals surface area (Å²) in [6.07, 6.45) is 0. The van der Waals surface area contributed by atoms with Crippen LogP contribution in [0.3, 0.4) is 0 Å². The summed E-state index contributed by atoms with van der Waals surface area (Å²) in [6, 6.07) is 16.1. The number of carboxylic acid groups (broad SMARTS) is 1. The molecule has 4 aromatic rings. The predicted molar refractivity (Wildman–Crippen MR) is 115 cm³/mol. The summed E-state index contributed by atoms with van der Waals surface area (Å²) in [5.74, 6) is -1.72. The molecule has 4 rings (SSSR count). The number of nitrogens with one attached hydrogen (secondary N) is 1. The Hall–Kier alpha value is -1.60. The first kappa shape index (κ1) is 27.4. The number of rotatable bonds is 5. The molecule has 0 spiro atoms. The van der Waals surface area contributed by atoms with Gasteiger partial charge in [0.15, 0.2) is 5.13 Å². The van der Waals surface area contributed by atoms with Crippen LogP contribution in [0.2, 0.25) is 5.02 Å². The molecule has 0 unspecified atom stereocenters. The van der Waals surface area contributed by atoms with Gasteiger partial charge in [-0.1, -0.05) is 48.0 Å². The number of nitrogens with zero attached hydrogens (tertiary/aromatic N) is 2. The van der Waals surface area contributed by atoms with Crippen LogP contribution >= 0.6 is 22.9 Å². The van der Waals surface area contributed by atoms with Gasteiger partial charge in [-0.2, -0.15) is 0 Å². The first-order chi connectivity index (χ1) is 13.5. The number of para-hydroxylation sites is 1. The number of fused-ring (bicyclic) bond motifs is 1. The summed E-state index contributed by atoms with van der Waals surface area (Å²) in [4.78, 5) is 28.4. The first-order valence-electron chi connectivity index (χ1n) is 8.33. The van der Waals surface area contributed by atoms with Gasteiger partial charge in [0.25, 0.3) is 5.91 Å². The normalized spacial score (nSPS) is 9.84. The van der Waals surface area contributed by atoms with Crippen molar-refractivity contribution in [3.8, 4) is 11.3 Å². The van der Waals surface area contributed by atoms with Crippen molar-refractivity contribution in [1.29, 1.82) is 0 Å². The summed E-state index contributed by atoms with van der Waals surface area (Å²) >= 11 is 7.46. The average Bonchev–Trinajstić information content (AvgIpc) is 3.27. The van der Waals surface area contributed by atoms with Gasteiger partial charge < -0.3 is 25.4 Å². The number of hydrogen-bond donors (Lipinski definition) is 1. The number of aromatic nitrogens is 2. The van der Waals surface area contributed by atoms with Gasteiger partial charge in [0.1, 0.15) is 5.69 Å². The quantitative estimate of drug-likeness (QED) is 0.352. The van der Waals surface area contributed by atoms with Crippen LogP contribution in [0, 0.1) is 0 Å². The van der Waals surface area contributed by atoms with Crippen LogP contribution in [0.1, 0.15) is 10.5 Å². The molecule has 11 heteroatoms. The molecule has 0 bridgehead atoms. The van der Waals surface area contributed by atoms with E-state index in [1.165, 1.54) is 15.9 Å². The number of carbonyl (C=O) groups excluding carboxylic acids is 2. The molecule has 5 N–H and O–H groups in total. The Morgan fingerprint density at radius 1 is 1.10 bits per heavy atom. The number of benzene rings is 2. The van der Waals surface area contributed by atoms with Gasteiger partial charge in [0.2, 0.25) is 0 Å². The minimum Gasteiger partial charge on any atom is -0.548 e. The molecule has 2 aromatic heterocycles. The van der Waals surface area contributed by atoms with E-state index in [0.29, 0.717) is 21.4 Å². The largest absolute Gasteiger partial charge is 1.00 e. The van der Waals surface area contributed by atoms with Gasteiger partial charge in [-0.3, -0.25) is 10.1 Å². The minimum atomic E-state index is -1.27. The smallest absolute Gasteiger partial charge is 0.548 e. The zero-order valence-electron chi connectivity index (χ0n) is 16.4. The van der Waals surface area contributed by atoms with E-state index in [0.717, 1.165) is 10.9 Å². The fraction of sp³-hybridized carbons (Fsp3) is 0.0500. The Morgan fingerprint density at radius 2 is 1.77 bits per heavy atom. The van der Waals surface area contributed by atoms with Gasteiger partial charge in [-0.25, -0.2) is 4.98 Å². The maximum Gasteiger partial charge on any atom is 1.00 e. The third-order valence-electron chi connectivity index (χ3n) is 4.20. The second-order valence-corrected chi connectivity index (χ2v) is 7.28. The molecule has 0 aliphatic heterocycles. The van der Waals surface area contributed by atoms with Crippen LogP contribution in [0.25, 0.3) is 22.2 Å². The Kier molecular flexibility index (Phi) is 10.5. The van der Waals surface area contributed by atoms with Crippen LogP contribution in [0.4, 0.5) is 5.13 Å². The van der Waals surface area contributed by atoms with E-state index in [4.69, 9.17) is 11.6 Å².